The van der Waals surface area contributed by atoms with Gasteiger partial charge in [-0.2, -0.15) is 0 Å². The SMILES string of the molecule is C#CC1CCC(C(=O)NC)CC1C. The zero-order valence-electron chi connectivity index (χ0n) is 8.34. The van der Waals surface area contributed by atoms with Gasteiger partial charge in [0.25, 0.3) is 0 Å². The Hall–Kier alpha value is -0.970. The highest BCUT2D eigenvalue weighted by Crippen LogP contribution is 2.33. The zero-order valence-corrected chi connectivity index (χ0v) is 8.34. The number of carbonyl (C=O) groups excluding carboxylic acids is 1. The van der Waals surface area contributed by atoms with Crippen LogP contribution in [0, 0.1) is 30.1 Å². The minimum Gasteiger partial charge on any atom is -0.359 e. The standard InChI is InChI=1S/C11H17NO/c1-4-9-5-6-10(7-8(9)2)11(13)12-3/h1,8-10H,5-7H2,2-3H3,(H,12,13). The van der Waals surface area contributed by atoms with E-state index in [0.717, 1.165) is 19.3 Å². The average molecular weight is 179 g/mol. The summed E-state index contributed by atoms with van der Waals surface area (Å²) in [6.45, 7) is 2.14. The van der Waals surface area contributed by atoms with Crippen molar-refractivity contribution in [1.82, 2.24) is 5.32 Å². The first-order valence-corrected chi connectivity index (χ1v) is 4.86. The summed E-state index contributed by atoms with van der Waals surface area (Å²) < 4.78 is 0. The van der Waals surface area contributed by atoms with Crippen LogP contribution in [0.5, 0.6) is 0 Å². The fourth-order valence-electron chi connectivity index (χ4n) is 2.09. The van der Waals surface area contributed by atoms with Crippen molar-refractivity contribution < 1.29 is 4.79 Å². The van der Waals surface area contributed by atoms with Gasteiger partial charge in [0, 0.05) is 18.9 Å². The molecule has 0 bridgehead atoms. The van der Waals surface area contributed by atoms with Gasteiger partial charge in [-0.3, -0.25) is 4.79 Å². The number of terminal acetylenes is 1. The number of amides is 1. The van der Waals surface area contributed by atoms with Gasteiger partial charge in [-0.05, 0) is 25.2 Å². The Labute approximate surface area is 80.1 Å². The van der Waals surface area contributed by atoms with Crippen LogP contribution in [0.25, 0.3) is 0 Å². The first kappa shape index (κ1) is 10.1. The summed E-state index contributed by atoms with van der Waals surface area (Å²) in [5, 5.41) is 2.70. The number of carbonyl (C=O) groups is 1. The van der Waals surface area contributed by atoms with E-state index in [-0.39, 0.29) is 11.8 Å². The van der Waals surface area contributed by atoms with Crippen LogP contribution in [0.4, 0.5) is 0 Å². The smallest absolute Gasteiger partial charge is 0.222 e. The maximum atomic E-state index is 11.3. The molecule has 0 aliphatic heterocycles. The molecule has 0 radical (unpaired) electrons. The molecule has 0 spiro atoms. The van der Waals surface area contributed by atoms with Gasteiger partial charge in [0.2, 0.25) is 5.91 Å². The van der Waals surface area contributed by atoms with Gasteiger partial charge in [-0.25, -0.2) is 0 Å². The quantitative estimate of drug-likeness (QED) is 0.606. The van der Waals surface area contributed by atoms with Crippen molar-refractivity contribution in [2.45, 2.75) is 26.2 Å². The summed E-state index contributed by atoms with van der Waals surface area (Å²) in [5.41, 5.74) is 0. The van der Waals surface area contributed by atoms with Gasteiger partial charge >= 0.3 is 0 Å². The van der Waals surface area contributed by atoms with E-state index in [1.807, 2.05) is 0 Å². The molecule has 1 amide bonds. The summed E-state index contributed by atoms with van der Waals surface area (Å²) in [5.74, 6) is 4.02. The van der Waals surface area contributed by atoms with E-state index in [1.165, 1.54) is 0 Å². The van der Waals surface area contributed by atoms with E-state index in [0.29, 0.717) is 11.8 Å². The topological polar surface area (TPSA) is 29.1 Å². The molecule has 0 saturated heterocycles. The van der Waals surface area contributed by atoms with Crippen molar-refractivity contribution >= 4 is 5.91 Å². The van der Waals surface area contributed by atoms with Crippen LogP contribution in [-0.2, 0) is 4.79 Å². The lowest BCUT2D eigenvalue weighted by Gasteiger charge is -2.30. The Morgan fingerprint density at radius 3 is 2.69 bits per heavy atom. The summed E-state index contributed by atoms with van der Waals surface area (Å²) in [6, 6.07) is 0. The van der Waals surface area contributed by atoms with Crippen LogP contribution >= 0.6 is 0 Å². The van der Waals surface area contributed by atoms with Crippen LogP contribution in [-0.4, -0.2) is 13.0 Å². The molecular formula is C11H17NO. The van der Waals surface area contributed by atoms with Crippen LogP contribution < -0.4 is 5.32 Å². The fraction of sp³-hybridized carbons (Fsp3) is 0.727. The molecule has 1 aliphatic rings. The van der Waals surface area contributed by atoms with Gasteiger partial charge in [0.15, 0.2) is 0 Å². The highest BCUT2D eigenvalue weighted by atomic mass is 16.1. The second kappa shape index (κ2) is 4.32. The zero-order chi connectivity index (χ0) is 9.84. The van der Waals surface area contributed by atoms with E-state index in [1.54, 1.807) is 7.05 Å². The number of nitrogens with one attached hydrogen (secondary N) is 1. The molecule has 0 heterocycles. The Balaban J connectivity index is 2.51. The van der Waals surface area contributed by atoms with Gasteiger partial charge in [0.05, 0.1) is 0 Å². The van der Waals surface area contributed by atoms with Gasteiger partial charge < -0.3 is 5.32 Å². The lowest BCUT2D eigenvalue weighted by molar-refractivity contribution is -0.126. The first-order chi connectivity index (χ1) is 6.19. The molecule has 0 aromatic rings. The van der Waals surface area contributed by atoms with E-state index in [4.69, 9.17) is 6.42 Å². The first-order valence-electron chi connectivity index (χ1n) is 4.86. The number of hydrogen-bond donors (Lipinski definition) is 1. The van der Waals surface area contributed by atoms with Crippen LogP contribution in [0.1, 0.15) is 26.2 Å². The van der Waals surface area contributed by atoms with Crippen molar-refractivity contribution in [1.29, 1.82) is 0 Å². The third kappa shape index (κ3) is 2.24. The molecule has 2 heteroatoms. The van der Waals surface area contributed by atoms with Crippen LogP contribution in [0.2, 0.25) is 0 Å². The third-order valence-corrected chi connectivity index (χ3v) is 3.00. The summed E-state index contributed by atoms with van der Waals surface area (Å²) in [7, 11) is 1.69. The molecule has 0 aromatic carbocycles. The number of rotatable bonds is 1. The van der Waals surface area contributed by atoms with Crippen molar-refractivity contribution in [3.05, 3.63) is 0 Å². The van der Waals surface area contributed by atoms with Crippen LogP contribution in [0.15, 0.2) is 0 Å². The Morgan fingerprint density at radius 2 is 2.23 bits per heavy atom. The largest absolute Gasteiger partial charge is 0.359 e. The lowest BCUT2D eigenvalue weighted by atomic mass is 9.75. The molecule has 1 saturated carbocycles. The predicted octanol–water partition coefficient (Wildman–Crippen LogP) is 1.42. The van der Waals surface area contributed by atoms with Crippen molar-refractivity contribution in [3.8, 4) is 12.3 Å². The Bertz CT molecular complexity index is 229. The van der Waals surface area contributed by atoms with E-state index < -0.39 is 0 Å². The second-order valence-corrected chi connectivity index (χ2v) is 3.87. The van der Waals surface area contributed by atoms with E-state index in [2.05, 4.69) is 18.2 Å². The second-order valence-electron chi connectivity index (χ2n) is 3.87. The molecule has 1 rings (SSSR count). The maximum absolute atomic E-state index is 11.3. The monoisotopic (exact) mass is 179 g/mol. The molecular weight excluding hydrogens is 162 g/mol. The normalized spacial score (nSPS) is 33.5. The van der Waals surface area contributed by atoms with Gasteiger partial charge in [0.1, 0.15) is 0 Å². The molecule has 1 N–H and O–H groups in total. The highest BCUT2D eigenvalue weighted by molar-refractivity contribution is 5.78. The molecule has 2 nitrogen and oxygen atoms in total. The molecule has 3 atom stereocenters. The lowest BCUT2D eigenvalue weighted by Crippen LogP contribution is -2.33. The molecule has 13 heavy (non-hydrogen) atoms. The minimum atomic E-state index is 0.169. The molecule has 3 unspecified atom stereocenters. The molecule has 1 fully saturated rings. The Kier molecular flexibility index (Phi) is 3.36. The van der Waals surface area contributed by atoms with E-state index in [9.17, 15) is 4.79 Å². The summed E-state index contributed by atoms with van der Waals surface area (Å²) in [4.78, 5) is 11.3. The van der Waals surface area contributed by atoms with E-state index >= 15 is 0 Å². The predicted molar refractivity (Wildman–Crippen MR) is 52.9 cm³/mol. The van der Waals surface area contributed by atoms with Crippen molar-refractivity contribution in [2.75, 3.05) is 7.05 Å². The Morgan fingerprint density at radius 1 is 1.54 bits per heavy atom. The average Bonchev–Trinajstić information content (AvgIpc) is 2.16. The third-order valence-electron chi connectivity index (χ3n) is 3.00. The highest BCUT2D eigenvalue weighted by Gasteiger charge is 2.29. The maximum Gasteiger partial charge on any atom is 0.222 e. The minimum absolute atomic E-state index is 0.169. The van der Waals surface area contributed by atoms with Gasteiger partial charge in [-0.15, -0.1) is 12.3 Å². The molecule has 1 aliphatic carbocycles. The summed E-state index contributed by atoms with van der Waals surface area (Å²) in [6.07, 6.45) is 8.28. The molecule has 0 aromatic heterocycles. The van der Waals surface area contributed by atoms with Crippen LogP contribution in [0.3, 0.4) is 0 Å². The molecule has 72 valence electrons. The van der Waals surface area contributed by atoms with Crippen molar-refractivity contribution in [2.24, 2.45) is 17.8 Å². The number of hydrogen-bond acceptors (Lipinski definition) is 1. The summed E-state index contributed by atoms with van der Waals surface area (Å²) >= 11 is 0. The van der Waals surface area contributed by atoms with Gasteiger partial charge in [-0.1, -0.05) is 6.92 Å². The van der Waals surface area contributed by atoms with Crippen molar-refractivity contribution in [3.63, 3.8) is 0 Å². The fourth-order valence-corrected chi connectivity index (χ4v) is 2.09.